The topological polar surface area (TPSA) is 0 Å². The Hall–Kier alpha value is -5.67. The molecule has 0 radical (unpaired) electrons. The first-order chi connectivity index (χ1) is 31.3. The zero-order valence-corrected chi connectivity index (χ0v) is 40.4. The fraction of sp³-hybridized carbons (Fsp3) is 0.100. The lowest BCUT2D eigenvalue weighted by molar-refractivity contribution is 1.41. The van der Waals surface area contributed by atoms with E-state index >= 15 is 0 Å². The van der Waals surface area contributed by atoms with Crippen LogP contribution in [-0.4, -0.2) is 6.71 Å². The molecule has 0 spiro atoms. The van der Waals surface area contributed by atoms with Gasteiger partial charge in [-0.2, -0.15) is 0 Å². The van der Waals surface area contributed by atoms with Gasteiger partial charge < -0.3 is 0 Å². The largest absolute Gasteiger partial charge is 0.243 e. The van der Waals surface area contributed by atoms with Crippen molar-refractivity contribution in [3.8, 4) is 0 Å². The van der Waals surface area contributed by atoms with Crippen LogP contribution in [-0.2, 0) is 0 Å². The molecular weight excluding hydrogens is 824 g/mol. The lowest BCUT2D eigenvalue weighted by atomic mass is 9.33. The lowest BCUT2D eigenvalue weighted by Gasteiger charge is -2.30. The van der Waals surface area contributed by atoms with Crippen LogP contribution in [0.4, 0.5) is 0 Å². The Labute approximate surface area is 385 Å². The molecule has 0 atom stereocenters. The van der Waals surface area contributed by atoms with E-state index in [1.807, 2.05) is 0 Å². The van der Waals surface area contributed by atoms with Crippen LogP contribution in [0, 0.1) is 41.5 Å². The Morgan fingerprint density at radius 3 is 0.531 bits per heavy atom. The van der Waals surface area contributed by atoms with Gasteiger partial charge in [0.1, 0.15) is 0 Å². The van der Waals surface area contributed by atoms with Crippen molar-refractivity contribution in [2.24, 2.45) is 0 Å². The Morgan fingerprint density at radius 1 is 0.219 bits per heavy atom. The first kappa shape index (κ1) is 43.6. The third kappa shape index (κ3) is 9.01. The second-order valence-electron chi connectivity index (χ2n) is 16.9. The van der Waals surface area contributed by atoms with Crippen molar-refractivity contribution in [2.45, 2.75) is 41.5 Å². The van der Waals surface area contributed by atoms with E-state index in [1.165, 1.54) is 97.5 Å². The summed E-state index contributed by atoms with van der Waals surface area (Å²) < 4.78 is 0. The zero-order valence-electron chi connectivity index (χ0n) is 37.7. The lowest BCUT2D eigenvalue weighted by Crippen LogP contribution is -2.58. The molecule has 0 fully saturated rings. The molecule has 0 aliphatic heterocycles. The van der Waals surface area contributed by atoms with Crippen molar-refractivity contribution in [3.63, 3.8) is 0 Å². The number of benzene rings is 9. The molecule has 0 aromatic heterocycles. The molecule has 0 amide bonds. The molecule has 0 aliphatic carbocycles. The smallest absolute Gasteiger partial charge is 0.0629 e. The highest BCUT2D eigenvalue weighted by Gasteiger charge is 2.33. The fourth-order valence-corrected chi connectivity index (χ4v) is 17.3. The van der Waals surface area contributed by atoms with Crippen LogP contribution in [0.1, 0.15) is 33.4 Å². The van der Waals surface area contributed by atoms with E-state index < -0.39 is 23.8 Å². The Bertz CT molecular complexity index is 2480. The predicted octanol–water partition coefficient (Wildman–Crippen LogP) is 9.33. The molecule has 4 heteroatoms. The van der Waals surface area contributed by atoms with E-state index in [1.54, 1.807) is 0 Å². The van der Waals surface area contributed by atoms with Gasteiger partial charge in [-0.05, 0) is 113 Å². The van der Waals surface area contributed by atoms with Crippen LogP contribution in [0.5, 0.6) is 0 Å². The maximum absolute atomic E-state index is 2.52. The summed E-state index contributed by atoms with van der Waals surface area (Å²) in [4.78, 5) is 0. The highest BCUT2D eigenvalue weighted by molar-refractivity contribution is 7.80. The molecule has 9 rings (SSSR count). The second-order valence-corrected chi connectivity index (χ2v) is 23.6. The first-order valence-electron chi connectivity index (χ1n) is 22.3. The summed E-state index contributed by atoms with van der Waals surface area (Å²) >= 11 is 0. The summed E-state index contributed by atoms with van der Waals surface area (Å²) in [5.74, 6) is 0. The molecule has 0 saturated carbocycles. The van der Waals surface area contributed by atoms with E-state index in [9.17, 15) is 0 Å². The Balaban J connectivity index is 1.25. The summed E-state index contributed by atoms with van der Waals surface area (Å²) in [5.41, 5.74) is 12.3. The molecule has 0 bridgehead atoms. The number of hydrogen-bond acceptors (Lipinski definition) is 0. The molecule has 312 valence electrons. The predicted molar refractivity (Wildman–Crippen MR) is 289 cm³/mol. The Morgan fingerprint density at radius 2 is 0.375 bits per heavy atom. The zero-order chi connectivity index (χ0) is 44.2. The van der Waals surface area contributed by atoms with Gasteiger partial charge in [0.15, 0.2) is 0 Å². The van der Waals surface area contributed by atoms with Gasteiger partial charge >= 0.3 is 0 Å². The van der Waals surface area contributed by atoms with Crippen LogP contribution < -0.4 is 64.1 Å². The van der Waals surface area contributed by atoms with Crippen molar-refractivity contribution in [1.29, 1.82) is 0 Å². The van der Waals surface area contributed by atoms with Crippen molar-refractivity contribution in [3.05, 3.63) is 252 Å². The van der Waals surface area contributed by atoms with Crippen molar-refractivity contribution in [1.82, 2.24) is 0 Å². The minimum atomic E-state index is -0.751. The summed E-state index contributed by atoms with van der Waals surface area (Å²) in [6, 6.07) is 81.8. The molecule has 0 aliphatic rings. The van der Waals surface area contributed by atoms with Gasteiger partial charge in [0.25, 0.3) is 0 Å². The molecule has 9 aromatic rings. The van der Waals surface area contributed by atoms with Gasteiger partial charge in [0.2, 0.25) is 6.71 Å². The van der Waals surface area contributed by atoms with Gasteiger partial charge in [0.05, 0.1) is 0 Å². The molecule has 0 N–H and O–H groups in total. The average molecular weight is 879 g/mol. The molecule has 64 heavy (non-hydrogen) atoms. The molecule has 0 heterocycles. The minimum Gasteiger partial charge on any atom is -0.0629 e. The third-order valence-corrected chi connectivity index (χ3v) is 19.7. The maximum Gasteiger partial charge on any atom is 0.243 e. The second kappa shape index (κ2) is 19.6. The van der Waals surface area contributed by atoms with E-state index in [0.717, 1.165) is 0 Å². The van der Waals surface area contributed by atoms with Crippen molar-refractivity contribution < 1.29 is 0 Å². The van der Waals surface area contributed by atoms with Gasteiger partial charge in [-0.1, -0.05) is 268 Å². The summed E-state index contributed by atoms with van der Waals surface area (Å²) in [5, 5.41) is 12.4. The van der Waals surface area contributed by atoms with Crippen LogP contribution in [0.15, 0.2) is 218 Å². The standard InChI is InChI=1S/C60H54BP3/c1-43-37-55(62(49-25-13-7-14-26-49)50-27-15-8-16-28-50)38-44(2)58(43)61(59-45(3)39-56(40-46(59)4)63(51-29-17-9-18-30-51)52-31-19-10-20-32-52)60-47(5)41-57(42-48(60)6)64(53-33-21-11-22-34-53)54-35-23-12-24-36-54/h7-42H,1-6H3. The van der Waals surface area contributed by atoms with E-state index in [-0.39, 0.29) is 6.71 Å². The Kier molecular flexibility index (Phi) is 13.4. The van der Waals surface area contributed by atoms with Crippen LogP contribution in [0.3, 0.4) is 0 Å². The third-order valence-electron chi connectivity index (χ3n) is 12.5. The van der Waals surface area contributed by atoms with Crippen LogP contribution >= 0.6 is 23.8 Å². The number of hydrogen-bond donors (Lipinski definition) is 0. The minimum absolute atomic E-state index is 0.0381. The molecule has 0 nitrogen and oxygen atoms in total. The fourth-order valence-electron chi connectivity index (χ4n) is 9.85. The summed E-state index contributed by atoms with van der Waals surface area (Å²) in [6.07, 6.45) is 0. The van der Waals surface area contributed by atoms with E-state index in [2.05, 4.69) is 260 Å². The van der Waals surface area contributed by atoms with Gasteiger partial charge in [-0.15, -0.1) is 0 Å². The summed E-state index contributed by atoms with van der Waals surface area (Å²) in [6.45, 7) is 14.3. The van der Waals surface area contributed by atoms with Gasteiger partial charge in [0, 0.05) is 0 Å². The quantitative estimate of drug-likeness (QED) is 0.0849. The highest BCUT2D eigenvalue weighted by Crippen LogP contribution is 2.36. The van der Waals surface area contributed by atoms with Crippen LogP contribution in [0.25, 0.3) is 0 Å². The maximum atomic E-state index is 2.52. The molecular formula is C60H54BP3. The van der Waals surface area contributed by atoms with E-state index in [4.69, 9.17) is 0 Å². The normalized spacial score (nSPS) is 11.4. The van der Waals surface area contributed by atoms with E-state index in [0.29, 0.717) is 0 Å². The average Bonchev–Trinajstić information content (AvgIpc) is 3.31. The first-order valence-corrected chi connectivity index (χ1v) is 26.3. The van der Waals surface area contributed by atoms with Crippen molar-refractivity contribution in [2.75, 3.05) is 0 Å². The van der Waals surface area contributed by atoms with Gasteiger partial charge in [-0.25, -0.2) is 0 Å². The summed E-state index contributed by atoms with van der Waals surface area (Å²) in [7, 11) is -2.25. The number of rotatable bonds is 12. The SMILES string of the molecule is Cc1cc(P(c2ccccc2)c2ccccc2)cc(C)c1B(c1c(C)cc(P(c2ccccc2)c2ccccc2)cc1C)c1c(C)cc(P(c2ccccc2)c2ccccc2)cc1C. The highest BCUT2D eigenvalue weighted by atomic mass is 31.1. The van der Waals surface area contributed by atoms with Crippen LogP contribution in [0.2, 0.25) is 0 Å². The monoisotopic (exact) mass is 878 g/mol. The van der Waals surface area contributed by atoms with Gasteiger partial charge in [-0.3, -0.25) is 0 Å². The molecule has 0 saturated heterocycles. The number of aryl methyl sites for hydroxylation is 6. The van der Waals surface area contributed by atoms with Crippen molar-refractivity contribution >= 4 is 94.6 Å². The molecule has 0 unspecified atom stereocenters. The molecule has 9 aromatic carbocycles.